The van der Waals surface area contributed by atoms with Gasteiger partial charge in [-0.3, -0.25) is 4.55 Å². The zero-order chi connectivity index (χ0) is 8.48. The summed E-state index contributed by atoms with van der Waals surface area (Å²) < 4.78 is 29.4. The van der Waals surface area contributed by atoms with E-state index in [0.717, 1.165) is 12.3 Å². The van der Waals surface area contributed by atoms with Crippen LogP contribution >= 0.6 is 11.6 Å². The van der Waals surface area contributed by atoms with Crippen LogP contribution in [0.3, 0.4) is 0 Å². The normalized spacial score (nSPS) is 10.5. The van der Waals surface area contributed by atoms with Gasteiger partial charge in [-0.1, -0.05) is 11.6 Å². The first-order valence-electron chi connectivity index (χ1n) is 2.46. The molecule has 0 fully saturated rings. The first kappa shape index (κ1) is 12.3. The van der Waals surface area contributed by atoms with E-state index in [1.54, 1.807) is 0 Å². The van der Waals surface area contributed by atoms with E-state index in [2.05, 4.69) is 10.2 Å². The second-order valence-electron chi connectivity index (χ2n) is 1.66. The van der Waals surface area contributed by atoms with Crippen molar-refractivity contribution in [1.82, 2.24) is 10.2 Å². The van der Waals surface area contributed by atoms with Gasteiger partial charge in [-0.2, -0.15) is 13.5 Å². The first-order chi connectivity index (χ1) is 5.02. The van der Waals surface area contributed by atoms with E-state index in [0.29, 0.717) is 0 Å². The molecule has 0 atom stereocenters. The van der Waals surface area contributed by atoms with E-state index >= 15 is 0 Å². The number of aromatic nitrogens is 2. The number of nitrogens with zero attached hydrogens (tertiary/aromatic N) is 2. The van der Waals surface area contributed by atoms with Crippen molar-refractivity contribution in [2.24, 2.45) is 0 Å². The Morgan fingerprint density at radius 2 is 2.08 bits per heavy atom. The molecule has 61 valence electrons. The van der Waals surface area contributed by atoms with E-state index in [9.17, 15) is 8.42 Å². The van der Waals surface area contributed by atoms with Crippen molar-refractivity contribution in [3.05, 3.63) is 17.4 Å². The fourth-order valence-corrected chi connectivity index (χ4v) is 1.38. The molecule has 8 heteroatoms. The summed E-state index contributed by atoms with van der Waals surface area (Å²) in [5, 5.41) is 6.18. The van der Waals surface area contributed by atoms with E-state index in [4.69, 9.17) is 16.2 Å². The third kappa shape index (κ3) is 2.96. The SMILES string of the molecule is O=S(=O)(O)c1ccnnc1Cl.[Na]. The maximum Gasteiger partial charge on any atom is 0.297 e. The van der Waals surface area contributed by atoms with Gasteiger partial charge in [-0.05, 0) is 6.07 Å². The average Bonchev–Trinajstić information content (AvgIpc) is 1.86. The molecule has 1 rings (SSSR count). The fraction of sp³-hybridized carbons (Fsp3) is 0. The van der Waals surface area contributed by atoms with Crippen molar-refractivity contribution in [2.45, 2.75) is 4.90 Å². The van der Waals surface area contributed by atoms with Crippen LogP contribution in [0.5, 0.6) is 0 Å². The van der Waals surface area contributed by atoms with Crippen LogP contribution in [0.4, 0.5) is 0 Å². The van der Waals surface area contributed by atoms with Gasteiger partial charge in [0.05, 0.1) is 6.20 Å². The molecule has 1 aromatic rings. The van der Waals surface area contributed by atoms with Crippen molar-refractivity contribution < 1.29 is 13.0 Å². The molecule has 0 spiro atoms. The Kier molecular flexibility index (Phi) is 4.60. The van der Waals surface area contributed by atoms with Crippen LogP contribution in [0.25, 0.3) is 0 Å². The molecule has 0 saturated carbocycles. The minimum Gasteiger partial charge on any atom is -0.282 e. The summed E-state index contributed by atoms with van der Waals surface area (Å²) in [4.78, 5) is -0.436. The Bertz CT molecular complexity index is 368. The van der Waals surface area contributed by atoms with Crippen LogP contribution in [-0.4, -0.2) is 52.7 Å². The molecule has 12 heavy (non-hydrogen) atoms. The molecule has 1 heterocycles. The van der Waals surface area contributed by atoms with Crippen LogP contribution in [0.15, 0.2) is 17.2 Å². The van der Waals surface area contributed by atoms with Gasteiger partial charge < -0.3 is 0 Å². The second kappa shape index (κ2) is 4.50. The fourth-order valence-electron chi connectivity index (χ4n) is 0.496. The minimum atomic E-state index is -4.27. The van der Waals surface area contributed by atoms with Crippen LogP contribution in [0.2, 0.25) is 5.15 Å². The predicted octanol–water partition coefficient (Wildman–Crippen LogP) is -0.00410. The molecule has 1 N–H and O–H groups in total. The van der Waals surface area contributed by atoms with Crippen molar-refractivity contribution in [1.29, 1.82) is 0 Å². The number of halogens is 1. The number of rotatable bonds is 1. The van der Waals surface area contributed by atoms with Gasteiger partial charge in [-0.25, -0.2) is 0 Å². The van der Waals surface area contributed by atoms with Crippen LogP contribution < -0.4 is 0 Å². The van der Waals surface area contributed by atoms with Crippen molar-refractivity contribution >= 4 is 51.3 Å². The Balaban J connectivity index is 0.00000121. The van der Waals surface area contributed by atoms with E-state index < -0.39 is 15.0 Å². The first-order valence-corrected chi connectivity index (χ1v) is 4.28. The molecule has 0 saturated heterocycles. The second-order valence-corrected chi connectivity index (χ2v) is 3.41. The maximum atomic E-state index is 10.5. The number of hydrogen-bond donors (Lipinski definition) is 1. The van der Waals surface area contributed by atoms with Crippen molar-refractivity contribution in [2.75, 3.05) is 0 Å². The summed E-state index contributed by atoms with van der Waals surface area (Å²) in [7, 11) is -4.27. The maximum absolute atomic E-state index is 10.5. The average molecular weight is 218 g/mol. The summed E-state index contributed by atoms with van der Waals surface area (Å²) in [6.07, 6.45) is 1.12. The summed E-state index contributed by atoms with van der Waals surface area (Å²) in [5.74, 6) is 0. The van der Waals surface area contributed by atoms with E-state index in [1.165, 1.54) is 0 Å². The minimum absolute atomic E-state index is 0. The van der Waals surface area contributed by atoms with Gasteiger partial charge in [0.25, 0.3) is 10.1 Å². The molecule has 1 radical (unpaired) electrons. The summed E-state index contributed by atoms with van der Waals surface area (Å²) in [6, 6.07) is 1.06. The van der Waals surface area contributed by atoms with Crippen LogP contribution in [0.1, 0.15) is 0 Å². The molecular weight excluding hydrogens is 215 g/mol. The molecule has 0 aliphatic rings. The van der Waals surface area contributed by atoms with Gasteiger partial charge >= 0.3 is 0 Å². The molecule has 0 unspecified atom stereocenters. The molecule has 0 amide bonds. The Morgan fingerprint density at radius 3 is 2.42 bits per heavy atom. The zero-order valence-corrected chi connectivity index (χ0v) is 9.67. The smallest absolute Gasteiger partial charge is 0.282 e. The zero-order valence-electron chi connectivity index (χ0n) is 6.10. The molecular formula is C4H3ClN2NaO3S. The Hall–Kier alpha value is 0.280. The third-order valence-electron chi connectivity index (χ3n) is 0.919. The van der Waals surface area contributed by atoms with Crippen LogP contribution in [0, 0.1) is 0 Å². The summed E-state index contributed by atoms with van der Waals surface area (Å²) >= 11 is 5.30. The van der Waals surface area contributed by atoms with Gasteiger partial charge in [0.15, 0.2) is 5.15 Å². The topological polar surface area (TPSA) is 80.2 Å². The van der Waals surface area contributed by atoms with Gasteiger partial charge in [0, 0.05) is 29.6 Å². The van der Waals surface area contributed by atoms with E-state index in [1.807, 2.05) is 0 Å². The summed E-state index contributed by atoms with van der Waals surface area (Å²) in [6.45, 7) is 0. The molecule has 0 bridgehead atoms. The molecule has 0 aliphatic heterocycles. The quantitative estimate of drug-likeness (QED) is 0.529. The molecule has 0 aromatic carbocycles. The van der Waals surface area contributed by atoms with Gasteiger partial charge in [0.1, 0.15) is 4.90 Å². The standard InChI is InChI=1S/C4H3ClN2O3S.Na/c5-4-3(11(8,9)10)1-2-6-7-4;/h1-2H,(H,8,9,10);. The Labute approximate surface area is 96.2 Å². The molecule has 0 aliphatic carbocycles. The Morgan fingerprint density at radius 1 is 1.50 bits per heavy atom. The van der Waals surface area contributed by atoms with Crippen molar-refractivity contribution in [3.8, 4) is 0 Å². The van der Waals surface area contributed by atoms with Crippen LogP contribution in [-0.2, 0) is 10.1 Å². The largest absolute Gasteiger partial charge is 0.297 e. The molecule has 5 nitrogen and oxygen atoms in total. The van der Waals surface area contributed by atoms with Gasteiger partial charge in [0.2, 0.25) is 0 Å². The van der Waals surface area contributed by atoms with Gasteiger partial charge in [-0.15, -0.1) is 5.10 Å². The van der Waals surface area contributed by atoms with E-state index in [-0.39, 0.29) is 34.7 Å². The monoisotopic (exact) mass is 217 g/mol. The predicted molar refractivity (Wildman–Crippen MR) is 42.6 cm³/mol. The van der Waals surface area contributed by atoms with Crippen molar-refractivity contribution in [3.63, 3.8) is 0 Å². The summed E-state index contributed by atoms with van der Waals surface area (Å²) in [5.41, 5.74) is 0. The number of hydrogen-bond acceptors (Lipinski definition) is 4. The molecule has 1 aromatic heterocycles. The third-order valence-corrected chi connectivity index (χ3v) is 2.20.